The largest absolute Gasteiger partial charge is 0.458 e. The summed E-state index contributed by atoms with van der Waals surface area (Å²) in [7, 11) is 0. The normalized spacial score (nSPS) is 13.8. The number of fused-ring (bicyclic) bond motifs is 4. The fourth-order valence-corrected chi connectivity index (χ4v) is 3.75. The predicted octanol–water partition coefficient (Wildman–Crippen LogP) is 2.21. The number of ether oxygens (including phenoxy) is 1. The lowest BCUT2D eigenvalue weighted by Gasteiger charge is -2.33. The van der Waals surface area contributed by atoms with Gasteiger partial charge in [0.1, 0.15) is 11.5 Å². The van der Waals surface area contributed by atoms with Gasteiger partial charge in [0, 0.05) is 0 Å². The fraction of sp³-hybridized carbons (Fsp3) is 0.0526. The Bertz CT molecular complexity index is 801. The molecule has 0 unspecified atom stereocenters. The van der Waals surface area contributed by atoms with Gasteiger partial charge in [-0.3, -0.25) is 0 Å². The van der Waals surface area contributed by atoms with Crippen LogP contribution in [0.2, 0.25) is 0 Å². The smallest absolute Gasteiger partial charge is 0.251 e. The maximum atomic E-state index is 6.14. The summed E-state index contributed by atoms with van der Waals surface area (Å²) in [6.45, 7) is 0.311. The summed E-state index contributed by atoms with van der Waals surface area (Å²) < 4.78 is 6.14. The molecule has 21 heavy (non-hydrogen) atoms. The van der Waals surface area contributed by atoms with Crippen LogP contribution in [0.15, 0.2) is 66.7 Å². The number of hydrogen-bond acceptors (Lipinski definition) is 1. The van der Waals surface area contributed by atoms with Gasteiger partial charge in [-0.15, -0.1) is 0 Å². The molecule has 2 heteroatoms. The summed E-state index contributed by atoms with van der Waals surface area (Å²) in [5, 5.41) is 0. The quantitative estimate of drug-likeness (QED) is 0.391. The SMILES string of the molecule is c1ccc2c(c1)Cc1cccc3c1B2c1ccccc1O3. The van der Waals surface area contributed by atoms with Crippen molar-refractivity contribution in [3.63, 3.8) is 0 Å². The van der Waals surface area contributed by atoms with Gasteiger partial charge in [0.15, 0.2) is 0 Å². The molecule has 0 N–H and O–H groups in total. The highest BCUT2D eigenvalue weighted by molar-refractivity contribution is 6.97. The van der Waals surface area contributed by atoms with Crippen LogP contribution in [0.5, 0.6) is 11.5 Å². The summed E-state index contributed by atoms with van der Waals surface area (Å²) in [5.74, 6) is 2.01. The zero-order valence-corrected chi connectivity index (χ0v) is 11.5. The molecule has 0 amide bonds. The van der Waals surface area contributed by atoms with E-state index in [1.807, 2.05) is 6.07 Å². The highest BCUT2D eigenvalue weighted by Crippen LogP contribution is 2.28. The van der Waals surface area contributed by atoms with Gasteiger partial charge in [0.05, 0.1) is 0 Å². The first-order valence-electron chi connectivity index (χ1n) is 7.38. The van der Waals surface area contributed by atoms with Crippen LogP contribution >= 0.6 is 0 Å². The second-order valence-corrected chi connectivity index (χ2v) is 5.78. The van der Waals surface area contributed by atoms with Crippen LogP contribution in [0.4, 0.5) is 0 Å². The van der Waals surface area contributed by atoms with Crippen LogP contribution in [0.3, 0.4) is 0 Å². The van der Waals surface area contributed by atoms with E-state index in [2.05, 4.69) is 60.7 Å². The summed E-state index contributed by atoms with van der Waals surface area (Å²) in [4.78, 5) is 0. The third kappa shape index (κ3) is 1.47. The Morgan fingerprint density at radius 2 is 1.38 bits per heavy atom. The zero-order chi connectivity index (χ0) is 13.8. The Hall–Kier alpha value is -2.48. The highest BCUT2D eigenvalue weighted by atomic mass is 16.5. The second-order valence-electron chi connectivity index (χ2n) is 5.78. The van der Waals surface area contributed by atoms with E-state index in [0.29, 0.717) is 6.71 Å². The molecule has 0 radical (unpaired) electrons. The van der Waals surface area contributed by atoms with Crippen molar-refractivity contribution < 1.29 is 4.74 Å². The Balaban J connectivity index is 1.88. The Morgan fingerprint density at radius 1 is 0.667 bits per heavy atom. The first-order valence-corrected chi connectivity index (χ1v) is 7.38. The molecule has 3 aromatic carbocycles. The van der Waals surface area contributed by atoms with Gasteiger partial charge < -0.3 is 4.74 Å². The van der Waals surface area contributed by atoms with E-state index in [1.165, 1.54) is 27.5 Å². The highest BCUT2D eigenvalue weighted by Gasteiger charge is 2.37. The summed E-state index contributed by atoms with van der Waals surface area (Å²) in [6, 6.07) is 23.6. The van der Waals surface area contributed by atoms with Gasteiger partial charge >= 0.3 is 0 Å². The molecule has 0 aliphatic carbocycles. The molecule has 5 rings (SSSR count). The maximum absolute atomic E-state index is 6.14. The lowest BCUT2D eigenvalue weighted by atomic mass is 9.32. The van der Waals surface area contributed by atoms with E-state index in [1.54, 1.807) is 0 Å². The van der Waals surface area contributed by atoms with E-state index in [0.717, 1.165) is 17.9 Å². The molecule has 1 nitrogen and oxygen atoms in total. The molecule has 0 spiro atoms. The Morgan fingerprint density at radius 3 is 2.33 bits per heavy atom. The molecule has 0 aromatic heterocycles. The van der Waals surface area contributed by atoms with Crippen molar-refractivity contribution in [2.75, 3.05) is 0 Å². The molecule has 2 heterocycles. The van der Waals surface area contributed by atoms with Crippen LogP contribution in [0, 0.1) is 0 Å². The third-order valence-corrected chi connectivity index (χ3v) is 4.64. The molecular weight excluding hydrogens is 255 g/mol. The van der Waals surface area contributed by atoms with Crippen molar-refractivity contribution in [2.24, 2.45) is 0 Å². The molecule has 98 valence electrons. The van der Waals surface area contributed by atoms with E-state index >= 15 is 0 Å². The minimum Gasteiger partial charge on any atom is -0.458 e. The van der Waals surface area contributed by atoms with Crippen LogP contribution in [-0.2, 0) is 6.42 Å². The van der Waals surface area contributed by atoms with Gasteiger partial charge in [-0.25, -0.2) is 0 Å². The summed E-state index contributed by atoms with van der Waals surface area (Å²) in [5.41, 5.74) is 6.89. The van der Waals surface area contributed by atoms with E-state index in [4.69, 9.17) is 4.74 Å². The van der Waals surface area contributed by atoms with Crippen LogP contribution in [0.1, 0.15) is 11.1 Å². The average Bonchev–Trinajstić information content (AvgIpc) is 2.54. The number of benzene rings is 3. The third-order valence-electron chi connectivity index (χ3n) is 4.64. The molecule has 2 aliphatic rings. The number of hydrogen-bond donors (Lipinski definition) is 0. The standard InChI is InChI=1S/C19H13BO/c1-2-8-15-13(6-1)12-14-7-5-11-18-19(14)20(15)16-9-3-4-10-17(16)21-18/h1-11H,12H2. The van der Waals surface area contributed by atoms with Gasteiger partial charge in [0.25, 0.3) is 6.71 Å². The molecular formula is C19H13BO. The molecule has 0 saturated carbocycles. The predicted molar refractivity (Wildman–Crippen MR) is 86.9 cm³/mol. The molecule has 2 aliphatic heterocycles. The first kappa shape index (κ1) is 11.2. The molecule has 0 fully saturated rings. The van der Waals surface area contributed by atoms with E-state index < -0.39 is 0 Å². The van der Waals surface area contributed by atoms with Gasteiger partial charge in [-0.05, 0) is 40.6 Å². The molecule has 3 aromatic rings. The number of rotatable bonds is 0. The molecule has 0 atom stereocenters. The fourth-order valence-electron chi connectivity index (χ4n) is 3.75. The van der Waals surface area contributed by atoms with Crippen molar-refractivity contribution in [2.45, 2.75) is 6.42 Å². The second kappa shape index (κ2) is 4.01. The van der Waals surface area contributed by atoms with Gasteiger partial charge in [-0.2, -0.15) is 0 Å². The molecule has 0 bridgehead atoms. The van der Waals surface area contributed by atoms with E-state index in [9.17, 15) is 0 Å². The minimum atomic E-state index is 0.311. The topological polar surface area (TPSA) is 9.23 Å². The van der Waals surface area contributed by atoms with Gasteiger partial charge in [-0.1, -0.05) is 60.1 Å². The van der Waals surface area contributed by atoms with Crippen molar-refractivity contribution in [1.29, 1.82) is 0 Å². The van der Waals surface area contributed by atoms with Crippen LogP contribution in [-0.4, -0.2) is 6.71 Å². The van der Waals surface area contributed by atoms with E-state index in [-0.39, 0.29) is 0 Å². The average molecular weight is 268 g/mol. The maximum Gasteiger partial charge on any atom is 0.251 e. The first-order chi connectivity index (χ1) is 10.4. The van der Waals surface area contributed by atoms with Crippen molar-refractivity contribution in [3.05, 3.63) is 77.9 Å². The summed E-state index contributed by atoms with van der Waals surface area (Å²) >= 11 is 0. The number of para-hydroxylation sites is 1. The van der Waals surface area contributed by atoms with Crippen LogP contribution in [0.25, 0.3) is 0 Å². The monoisotopic (exact) mass is 268 g/mol. The lowest BCUT2D eigenvalue weighted by Crippen LogP contribution is -2.59. The van der Waals surface area contributed by atoms with Gasteiger partial charge in [0.2, 0.25) is 0 Å². The van der Waals surface area contributed by atoms with Crippen molar-refractivity contribution >= 4 is 23.1 Å². The minimum absolute atomic E-state index is 0.311. The molecule has 0 saturated heterocycles. The Kier molecular flexibility index (Phi) is 2.14. The summed E-state index contributed by atoms with van der Waals surface area (Å²) in [6.07, 6.45) is 1.00. The van der Waals surface area contributed by atoms with Crippen LogP contribution < -0.4 is 21.1 Å². The Labute approximate surface area is 124 Å². The van der Waals surface area contributed by atoms with Crippen molar-refractivity contribution in [1.82, 2.24) is 0 Å². The lowest BCUT2D eigenvalue weighted by molar-refractivity contribution is 0.487. The van der Waals surface area contributed by atoms with Crippen molar-refractivity contribution in [3.8, 4) is 11.5 Å². The zero-order valence-electron chi connectivity index (χ0n) is 11.5.